The molecular formula is C20H23N3O4S2. The van der Waals surface area contributed by atoms with Crippen molar-refractivity contribution in [2.24, 2.45) is 0 Å². The molecule has 29 heavy (non-hydrogen) atoms. The Bertz CT molecular complexity index is 989. The van der Waals surface area contributed by atoms with Gasteiger partial charge in [-0.2, -0.15) is 0 Å². The van der Waals surface area contributed by atoms with Crippen LogP contribution in [0.15, 0.2) is 53.4 Å². The number of hydrogen-bond donors (Lipinski definition) is 3. The van der Waals surface area contributed by atoms with Crippen LogP contribution in [0.25, 0.3) is 0 Å². The molecule has 2 aromatic rings. The van der Waals surface area contributed by atoms with Crippen molar-refractivity contribution in [2.75, 3.05) is 17.6 Å². The van der Waals surface area contributed by atoms with Crippen molar-refractivity contribution in [3.05, 3.63) is 59.7 Å². The Labute approximate surface area is 174 Å². The lowest BCUT2D eigenvalue weighted by Crippen LogP contribution is -2.59. The zero-order chi connectivity index (χ0) is 21.0. The van der Waals surface area contributed by atoms with Crippen LogP contribution in [0.3, 0.4) is 0 Å². The van der Waals surface area contributed by atoms with E-state index < -0.39 is 26.5 Å². The summed E-state index contributed by atoms with van der Waals surface area (Å²) < 4.78 is 25.5. The molecule has 0 bridgehead atoms. The van der Waals surface area contributed by atoms with Crippen LogP contribution in [-0.2, 0) is 19.4 Å². The maximum Gasteiger partial charge on any atom is 0.241 e. The molecule has 1 saturated heterocycles. The highest BCUT2D eigenvalue weighted by Gasteiger charge is 2.38. The minimum absolute atomic E-state index is 0.0146. The molecule has 0 spiro atoms. The molecule has 0 radical (unpaired) electrons. The first kappa shape index (κ1) is 21.4. The average Bonchev–Trinajstić information content (AvgIpc) is 2.68. The smallest absolute Gasteiger partial charge is 0.241 e. The predicted octanol–water partition coefficient (Wildman–Crippen LogP) is 1.82. The number of anilines is 1. The summed E-state index contributed by atoms with van der Waals surface area (Å²) in [5.74, 6) is -0.661. The molecule has 2 aromatic carbocycles. The quantitative estimate of drug-likeness (QED) is 0.642. The van der Waals surface area contributed by atoms with Gasteiger partial charge >= 0.3 is 0 Å². The zero-order valence-corrected chi connectivity index (χ0v) is 17.8. The number of carbonyl (C=O) groups excluding carboxylic acids is 2. The van der Waals surface area contributed by atoms with E-state index in [0.29, 0.717) is 5.69 Å². The maximum absolute atomic E-state index is 12.7. The molecule has 7 nitrogen and oxygen atoms in total. The number of amides is 2. The van der Waals surface area contributed by atoms with Gasteiger partial charge in [-0.3, -0.25) is 14.9 Å². The van der Waals surface area contributed by atoms with Crippen molar-refractivity contribution in [2.45, 2.75) is 29.5 Å². The third-order valence-corrected chi connectivity index (χ3v) is 7.60. The molecule has 0 saturated carbocycles. The molecule has 0 aromatic heterocycles. The topological polar surface area (TPSA) is 104 Å². The van der Waals surface area contributed by atoms with E-state index in [2.05, 4.69) is 16.0 Å². The van der Waals surface area contributed by atoms with Crippen LogP contribution < -0.4 is 16.0 Å². The number of aryl methyl sites for hydroxylation is 2. The van der Waals surface area contributed by atoms with Crippen LogP contribution in [0.2, 0.25) is 0 Å². The van der Waals surface area contributed by atoms with Crippen molar-refractivity contribution in [3.63, 3.8) is 0 Å². The average molecular weight is 434 g/mol. The van der Waals surface area contributed by atoms with Crippen molar-refractivity contribution >= 4 is 39.1 Å². The van der Waals surface area contributed by atoms with Crippen LogP contribution in [-0.4, -0.2) is 43.3 Å². The van der Waals surface area contributed by atoms with Crippen molar-refractivity contribution in [1.29, 1.82) is 0 Å². The highest BCUT2D eigenvalue weighted by molar-refractivity contribution is 8.00. The van der Waals surface area contributed by atoms with Crippen LogP contribution >= 0.6 is 11.8 Å². The van der Waals surface area contributed by atoms with Gasteiger partial charge in [0.1, 0.15) is 5.50 Å². The lowest BCUT2D eigenvalue weighted by Gasteiger charge is -2.29. The van der Waals surface area contributed by atoms with Gasteiger partial charge in [-0.25, -0.2) is 8.42 Å². The van der Waals surface area contributed by atoms with Gasteiger partial charge in [0.25, 0.3) is 0 Å². The van der Waals surface area contributed by atoms with Gasteiger partial charge in [-0.05, 0) is 38.1 Å². The van der Waals surface area contributed by atoms with Crippen LogP contribution in [0.1, 0.15) is 11.1 Å². The van der Waals surface area contributed by atoms with Crippen molar-refractivity contribution in [3.8, 4) is 0 Å². The summed E-state index contributed by atoms with van der Waals surface area (Å²) in [6.45, 7) is 3.81. The first-order chi connectivity index (χ1) is 13.8. The standard InChI is InChI=1S/C20H23N3O4S2/c1-13-3-7-15(8-4-13)22-18(24)12-28-20-21-11-17(19(25)23-20)29(26,27)16-9-5-14(2)6-10-16/h3-10,17,20-21H,11-12H2,1-2H3,(H,22,24)(H,23,25). The van der Waals surface area contributed by atoms with E-state index in [-0.39, 0.29) is 23.1 Å². The molecule has 154 valence electrons. The second-order valence-electron chi connectivity index (χ2n) is 6.87. The third kappa shape index (κ3) is 5.37. The number of rotatable bonds is 6. The van der Waals surface area contributed by atoms with E-state index in [1.807, 2.05) is 38.1 Å². The van der Waals surface area contributed by atoms with E-state index >= 15 is 0 Å². The van der Waals surface area contributed by atoms with E-state index in [0.717, 1.165) is 11.1 Å². The Hall–Kier alpha value is -2.36. The third-order valence-electron chi connectivity index (χ3n) is 4.49. The monoisotopic (exact) mass is 433 g/mol. The Morgan fingerprint density at radius 1 is 1.07 bits per heavy atom. The zero-order valence-electron chi connectivity index (χ0n) is 16.1. The summed E-state index contributed by atoms with van der Waals surface area (Å²) in [5, 5.41) is 7.20. The van der Waals surface area contributed by atoms with Crippen molar-refractivity contribution in [1.82, 2.24) is 10.6 Å². The fraction of sp³-hybridized carbons (Fsp3) is 0.300. The normalized spacial score (nSPS) is 19.4. The number of thioether (sulfide) groups is 1. The highest BCUT2D eigenvalue weighted by Crippen LogP contribution is 2.20. The number of hydrogen-bond acceptors (Lipinski definition) is 6. The van der Waals surface area contributed by atoms with Gasteiger partial charge in [0.05, 0.1) is 10.6 Å². The number of benzene rings is 2. The van der Waals surface area contributed by atoms with Crippen molar-refractivity contribution < 1.29 is 18.0 Å². The van der Waals surface area contributed by atoms with E-state index in [9.17, 15) is 18.0 Å². The Balaban J connectivity index is 1.53. The van der Waals surface area contributed by atoms with Crippen LogP contribution in [0, 0.1) is 13.8 Å². The summed E-state index contributed by atoms with van der Waals surface area (Å²) in [6, 6.07) is 13.9. The second kappa shape index (κ2) is 8.98. The molecular weight excluding hydrogens is 410 g/mol. The fourth-order valence-corrected chi connectivity index (χ4v) is 5.13. The molecule has 3 N–H and O–H groups in total. The highest BCUT2D eigenvalue weighted by atomic mass is 32.2. The fourth-order valence-electron chi connectivity index (χ4n) is 2.82. The first-order valence-corrected chi connectivity index (χ1v) is 11.7. The summed E-state index contributed by atoms with van der Waals surface area (Å²) in [6.07, 6.45) is 0. The number of carbonyl (C=O) groups is 2. The van der Waals surface area contributed by atoms with E-state index in [1.54, 1.807) is 12.1 Å². The SMILES string of the molecule is Cc1ccc(NC(=O)CSC2NCC(S(=O)(=O)c3ccc(C)cc3)C(=O)N2)cc1. The van der Waals surface area contributed by atoms with Gasteiger partial charge in [0.15, 0.2) is 15.1 Å². The van der Waals surface area contributed by atoms with Crippen LogP contribution in [0.4, 0.5) is 5.69 Å². The largest absolute Gasteiger partial charge is 0.331 e. The minimum atomic E-state index is -3.79. The van der Waals surface area contributed by atoms with Gasteiger partial charge < -0.3 is 10.6 Å². The molecule has 0 aliphatic carbocycles. The molecule has 1 aliphatic heterocycles. The molecule has 2 unspecified atom stereocenters. The predicted molar refractivity (Wildman–Crippen MR) is 114 cm³/mol. The van der Waals surface area contributed by atoms with Gasteiger partial charge in [-0.15, -0.1) is 11.8 Å². The number of nitrogens with one attached hydrogen (secondary N) is 3. The maximum atomic E-state index is 12.7. The summed E-state index contributed by atoms with van der Waals surface area (Å²) in [4.78, 5) is 24.6. The molecule has 1 fully saturated rings. The molecule has 2 atom stereocenters. The van der Waals surface area contributed by atoms with E-state index in [4.69, 9.17) is 0 Å². The Kier molecular flexibility index (Phi) is 6.61. The Morgan fingerprint density at radius 2 is 1.66 bits per heavy atom. The molecule has 1 heterocycles. The van der Waals surface area contributed by atoms with Gasteiger partial charge in [-0.1, -0.05) is 35.4 Å². The molecule has 1 aliphatic rings. The molecule has 2 amide bonds. The molecule has 3 rings (SSSR count). The van der Waals surface area contributed by atoms with Crippen LogP contribution in [0.5, 0.6) is 0 Å². The second-order valence-corrected chi connectivity index (χ2v) is 10.1. The number of sulfone groups is 1. The lowest BCUT2D eigenvalue weighted by molar-refractivity contribution is -0.122. The van der Waals surface area contributed by atoms with Gasteiger partial charge in [0, 0.05) is 12.2 Å². The van der Waals surface area contributed by atoms with E-state index in [1.165, 1.54) is 23.9 Å². The summed E-state index contributed by atoms with van der Waals surface area (Å²) in [5.41, 5.74) is 2.21. The summed E-state index contributed by atoms with van der Waals surface area (Å²) >= 11 is 1.19. The molecule has 9 heteroatoms. The lowest BCUT2D eigenvalue weighted by atomic mass is 10.2. The minimum Gasteiger partial charge on any atom is -0.331 e. The summed E-state index contributed by atoms with van der Waals surface area (Å²) in [7, 11) is -3.79. The Morgan fingerprint density at radius 3 is 2.24 bits per heavy atom. The van der Waals surface area contributed by atoms with Gasteiger partial charge in [0.2, 0.25) is 11.8 Å². The first-order valence-electron chi connectivity index (χ1n) is 9.08.